The number of allylic oxidation sites excluding steroid dienone is 1. The van der Waals surface area contributed by atoms with Gasteiger partial charge in [-0.25, -0.2) is 0 Å². The molecule has 0 unspecified atom stereocenters. The Morgan fingerprint density at radius 3 is 2.67 bits per heavy atom. The number of rotatable bonds is 2. The lowest BCUT2D eigenvalue weighted by Gasteiger charge is -1.63. The minimum atomic E-state index is 0.643. The minimum Gasteiger partial charge on any atom is -0.311 e. The van der Waals surface area contributed by atoms with Crippen LogP contribution in [0.2, 0.25) is 0 Å². The Balaban J connectivity index is 2.73. The molecule has 0 saturated heterocycles. The van der Waals surface area contributed by atoms with Crippen molar-refractivity contribution in [2.75, 3.05) is 6.54 Å². The molecule has 34 valence electrons. The third-order valence-electron chi connectivity index (χ3n) is 0.465. The Kier molecular flexibility index (Phi) is 4.24. The molecule has 0 aromatic heterocycles. The molecule has 1 heteroatoms. The van der Waals surface area contributed by atoms with E-state index in [2.05, 4.69) is 0 Å². The topological polar surface area (TPSA) is 26.0 Å². The van der Waals surface area contributed by atoms with Crippen LogP contribution in [-0.4, -0.2) is 6.54 Å². The van der Waals surface area contributed by atoms with Gasteiger partial charge in [-0.15, -0.1) is 0 Å². The summed E-state index contributed by atoms with van der Waals surface area (Å²) < 4.78 is 0. The minimum absolute atomic E-state index is 0.643. The molecule has 0 rings (SSSR count). The first kappa shape index (κ1) is 5.57. The molecule has 0 fully saturated rings. The van der Waals surface area contributed by atoms with Crippen LogP contribution in [0.25, 0.3) is 0 Å². The standard InChI is InChI=1S/C5H10N/c1-2-3-4-5-6/h2-4H,5-6H2,1H3/q+1. The van der Waals surface area contributed by atoms with E-state index in [9.17, 15) is 0 Å². The average Bonchev–Trinajstić information content (AvgIpc) is 1.61. The largest absolute Gasteiger partial charge is 0.311 e. The van der Waals surface area contributed by atoms with Gasteiger partial charge in [0.15, 0.2) is 0 Å². The summed E-state index contributed by atoms with van der Waals surface area (Å²) in [4.78, 5) is 0. The summed E-state index contributed by atoms with van der Waals surface area (Å²) in [5, 5.41) is 0. The molecule has 0 aromatic carbocycles. The smallest absolute Gasteiger partial charge is 0.0903 e. The van der Waals surface area contributed by atoms with Gasteiger partial charge in [-0.3, -0.25) is 0 Å². The molecule has 0 aliphatic heterocycles. The van der Waals surface area contributed by atoms with Gasteiger partial charge in [0.2, 0.25) is 0 Å². The van der Waals surface area contributed by atoms with E-state index in [1.165, 1.54) is 0 Å². The molecule has 0 heterocycles. The fourth-order valence-corrected chi connectivity index (χ4v) is 0.215. The van der Waals surface area contributed by atoms with E-state index in [1.807, 2.05) is 25.5 Å². The van der Waals surface area contributed by atoms with Gasteiger partial charge in [-0.1, -0.05) is 0 Å². The van der Waals surface area contributed by atoms with E-state index in [0.717, 1.165) is 0 Å². The SMILES string of the molecule is C[CH+]C=CCN. The van der Waals surface area contributed by atoms with Crippen LogP contribution in [0, 0.1) is 6.42 Å². The summed E-state index contributed by atoms with van der Waals surface area (Å²) in [6, 6.07) is 0. The lowest BCUT2D eigenvalue weighted by molar-refractivity contribution is 1.25. The number of nitrogens with two attached hydrogens (primary N) is 1. The second kappa shape index (κ2) is 4.57. The molecule has 2 N–H and O–H groups in total. The second-order valence-electron chi connectivity index (χ2n) is 0.997. The third kappa shape index (κ3) is 3.57. The molecule has 0 atom stereocenters. The highest BCUT2D eigenvalue weighted by molar-refractivity contribution is 4.91. The summed E-state index contributed by atoms with van der Waals surface area (Å²) in [7, 11) is 0. The van der Waals surface area contributed by atoms with Gasteiger partial charge in [-0.2, -0.15) is 0 Å². The van der Waals surface area contributed by atoms with Gasteiger partial charge in [-0.05, 0) is 0 Å². The Hall–Kier alpha value is -0.430. The molecule has 0 saturated carbocycles. The maximum atomic E-state index is 5.11. The van der Waals surface area contributed by atoms with Crippen LogP contribution in [0.1, 0.15) is 6.92 Å². The monoisotopic (exact) mass is 84.1 g/mol. The van der Waals surface area contributed by atoms with Crippen molar-refractivity contribution in [2.24, 2.45) is 5.73 Å². The molecule has 0 spiro atoms. The lowest BCUT2D eigenvalue weighted by Crippen LogP contribution is -1.91. The van der Waals surface area contributed by atoms with E-state index >= 15 is 0 Å². The molecule has 0 amide bonds. The van der Waals surface area contributed by atoms with Crippen LogP contribution in [0.5, 0.6) is 0 Å². The van der Waals surface area contributed by atoms with Crippen molar-refractivity contribution in [3.05, 3.63) is 18.6 Å². The first-order chi connectivity index (χ1) is 2.91. The van der Waals surface area contributed by atoms with Crippen LogP contribution in [-0.2, 0) is 0 Å². The van der Waals surface area contributed by atoms with Gasteiger partial charge in [0, 0.05) is 13.3 Å². The molecule has 0 aromatic rings. The Morgan fingerprint density at radius 1 is 1.83 bits per heavy atom. The van der Waals surface area contributed by atoms with Gasteiger partial charge >= 0.3 is 0 Å². The van der Waals surface area contributed by atoms with Crippen molar-refractivity contribution in [3.63, 3.8) is 0 Å². The molecule has 6 heavy (non-hydrogen) atoms. The summed E-state index contributed by atoms with van der Waals surface area (Å²) in [6.07, 6.45) is 5.78. The maximum Gasteiger partial charge on any atom is 0.0903 e. The van der Waals surface area contributed by atoms with Crippen molar-refractivity contribution in [3.8, 4) is 0 Å². The fourth-order valence-electron chi connectivity index (χ4n) is 0.215. The summed E-state index contributed by atoms with van der Waals surface area (Å²) >= 11 is 0. The van der Waals surface area contributed by atoms with Crippen molar-refractivity contribution in [1.29, 1.82) is 0 Å². The summed E-state index contributed by atoms with van der Waals surface area (Å²) in [6.45, 7) is 2.61. The van der Waals surface area contributed by atoms with Crippen LogP contribution in [0.3, 0.4) is 0 Å². The molecule has 0 radical (unpaired) electrons. The predicted molar refractivity (Wildman–Crippen MR) is 28.2 cm³/mol. The van der Waals surface area contributed by atoms with E-state index < -0.39 is 0 Å². The predicted octanol–water partition coefficient (Wildman–Crippen LogP) is 0.725. The maximum absolute atomic E-state index is 5.11. The first-order valence-electron chi connectivity index (χ1n) is 2.06. The van der Waals surface area contributed by atoms with Crippen molar-refractivity contribution < 1.29 is 0 Å². The van der Waals surface area contributed by atoms with Gasteiger partial charge in [0.1, 0.15) is 0 Å². The van der Waals surface area contributed by atoms with Crippen LogP contribution in [0.4, 0.5) is 0 Å². The lowest BCUT2D eigenvalue weighted by atomic mass is 10.4. The third-order valence-corrected chi connectivity index (χ3v) is 0.465. The van der Waals surface area contributed by atoms with Gasteiger partial charge < -0.3 is 5.73 Å². The average molecular weight is 84.1 g/mol. The van der Waals surface area contributed by atoms with Crippen LogP contribution >= 0.6 is 0 Å². The van der Waals surface area contributed by atoms with Crippen molar-refractivity contribution in [2.45, 2.75) is 6.92 Å². The van der Waals surface area contributed by atoms with E-state index in [1.54, 1.807) is 0 Å². The zero-order valence-corrected chi connectivity index (χ0v) is 4.02. The summed E-state index contributed by atoms with van der Waals surface area (Å²) in [5.74, 6) is 0. The highest BCUT2D eigenvalue weighted by Crippen LogP contribution is 1.71. The summed E-state index contributed by atoms with van der Waals surface area (Å²) in [5.41, 5.74) is 5.11. The van der Waals surface area contributed by atoms with E-state index in [4.69, 9.17) is 5.73 Å². The van der Waals surface area contributed by atoms with Crippen LogP contribution < -0.4 is 5.73 Å². The zero-order valence-electron chi connectivity index (χ0n) is 4.02. The van der Waals surface area contributed by atoms with E-state index in [0.29, 0.717) is 6.54 Å². The highest BCUT2D eigenvalue weighted by Gasteiger charge is 1.70. The Morgan fingerprint density at radius 2 is 2.50 bits per heavy atom. The first-order valence-corrected chi connectivity index (χ1v) is 2.06. The number of hydrogen-bond acceptors (Lipinski definition) is 1. The number of hydrogen-bond donors (Lipinski definition) is 1. The molecule has 1 nitrogen and oxygen atoms in total. The molecular weight excluding hydrogens is 74.1 g/mol. The molecule has 0 aliphatic carbocycles. The van der Waals surface area contributed by atoms with Crippen molar-refractivity contribution in [1.82, 2.24) is 0 Å². The van der Waals surface area contributed by atoms with Gasteiger partial charge in [0.05, 0.1) is 18.7 Å². The molecule has 0 aliphatic rings. The second-order valence-corrected chi connectivity index (χ2v) is 0.997. The Bertz CT molecular complexity index is 33.2. The van der Waals surface area contributed by atoms with Crippen LogP contribution in [0.15, 0.2) is 12.2 Å². The highest BCUT2D eigenvalue weighted by atomic mass is 14.5. The molecular formula is C5H10N+. The van der Waals surface area contributed by atoms with E-state index in [-0.39, 0.29) is 0 Å². The fraction of sp³-hybridized carbons (Fsp3) is 0.400. The zero-order chi connectivity index (χ0) is 4.83. The van der Waals surface area contributed by atoms with Gasteiger partial charge in [0.25, 0.3) is 0 Å². The van der Waals surface area contributed by atoms with Crippen molar-refractivity contribution >= 4 is 0 Å². The normalized spacial score (nSPS) is 9.67. The molecule has 0 bridgehead atoms. The quantitative estimate of drug-likeness (QED) is 0.490. The Labute approximate surface area is 38.8 Å².